The smallest absolute Gasteiger partial charge is 0.313 e. The Morgan fingerprint density at radius 2 is 1.48 bits per heavy atom. The Bertz CT molecular complexity index is 693. The highest BCUT2D eigenvalue weighted by Crippen LogP contribution is 2.34. The van der Waals surface area contributed by atoms with Crippen molar-refractivity contribution < 1.29 is 23.7 Å². The number of carbonyl (C=O) groups excluding carboxylic acids is 1. The quantitative estimate of drug-likeness (QED) is 0.753. The van der Waals surface area contributed by atoms with Gasteiger partial charge in [0.15, 0.2) is 0 Å². The Morgan fingerprint density at radius 1 is 0.920 bits per heavy atom. The van der Waals surface area contributed by atoms with E-state index in [0.717, 1.165) is 29.2 Å². The molecule has 0 spiro atoms. The van der Waals surface area contributed by atoms with Gasteiger partial charge in [-0.1, -0.05) is 12.1 Å². The average molecular weight is 342 g/mol. The molecule has 1 saturated heterocycles. The van der Waals surface area contributed by atoms with Gasteiger partial charge >= 0.3 is 5.97 Å². The molecule has 25 heavy (non-hydrogen) atoms. The molecule has 2 aromatic carbocycles. The molecule has 1 aliphatic rings. The molecule has 2 aromatic rings. The predicted molar refractivity (Wildman–Crippen MR) is 93.3 cm³/mol. The van der Waals surface area contributed by atoms with Crippen molar-refractivity contribution in [1.82, 2.24) is 0 Å². The first-order valence-corrected chi connectivity index (χ1v) is 8.28. The van der Waals surface area contributed by atoms with Crippen LogP contribution < -0.4 is 14.2 Å². The van der Waals surface area contributed by atoms with E-state index in [1.54, 1.807) is 14.2 Å². The summed E-state index contributed by atoms with van der Waals surface area (Å²) in [6.07, 6.45) is 0.776. The van der Waals surface area contributed by atoms with Gasteiger partial charge in [0.05, 0.1) is 33.4 Å². The van der Waals surface area contributed by atoms with Gasteiger partial charge in [-0.15, -0.1) is 0 Å². The number of rotatable bonds is 6. The second-order valence-corrected chi connectivity index (χ2v) is 5.95. The van der Waals surface area contributed by atoms with Crippen LogP contribution in [0, 0.1) is 5.92 Å². The van der Waals surface area contributed by atoms with Crippen molar-refractivity contribution in [3.8, 4) is 17.2 Å². The fourth-order valence-electron chi connectivity index (χ4n) is 3.03. The third kappa shape index (κ3) is 4.05. The van der Waals surface area contributed by atoms with E-state index in [-0.39, 0.29) is 17.8 Å². The number of carbonyl (C=O) groups is 1. The Balaban J connectivity index is 1.71. The highest BCUT2D eigenvalue weighted by atomic mass is 16.5. The fraction of sp³-hybridized carbons (Fsp3) is 0.350. The molecule has 5 nitrogen and oxygen atoms in total. The van der Waals surface area contributed by atoms with Crippen LogP contribution in [0.4, 0.5) is 0 Å². The highest BCUT2D eigenvalue weighted by Gasteiger charge is 2.35. The third-order valence-corrected chi connectivity index (χ3v) is 4.46. The van der Waals surface area contributed by atoms with E-state index >= 15 is 0 Å². The zero-order valence-electron chi connectivity index (χ0n) is 14.4. The molecule has 0 aromatic heterocycles. The van der Waals surface area contributed by atoms with E-state index < -0.39 is 0 Å². The van der Waals surface area contributed by atoms with Gasteiger partial charge in [0.2, 0.25) is 0 Å². The number of cyclic esters (lactones) is 1. The van der Waals surface area contributed by atoms with Gasteiger partial charge in [-0.3, -0.25) is 4.79 Å². The van der Waals surface area contributed by atoms with E-state index in [9.17, 15) is 4.79 Å². The van der Waals surface area contributed by atoms with Crippen LogP contribution in [0.3, 0.4) is 0 Å². The molecule has 0 amide bonds. The first-order chi connectivity index (χ1) is 12.2. The molecule has 0 aliphatic carbocycles. The lowest BCUT2D eigenvalue weighted by Gasteiger charge is -2.30. The van der Waals surface area contributed by atoms with Crippen molar-refractivity contribution in [3.63, 3.8) is 0 Å². The summed E-state index contributed by atoms with van der Waals surface area (Å²) < 4.78 is 21.5. The van der Waals surface area contributed by atoms with Crippen molar-refractivity contribution in [2.45, 2.75) is 12.3 Å². The Kier molecular flexibility index (Phi) is 5.43. The number of esters is 1. The SMILES string of the molecule is COc1ccc(OC[C@@H]2CCOC(=O)[C@H]2c2ccc(OC)cc2)cc1. The first-order valence-electron chi connectivity index (χ1n) is 8.28. The molecule has 0 unspecified atom stereocenters. The molecule has 0 radical (unpaired) electrons. The first kappa shape index (κ1) is 17.1. The van der Waals surface area contributed by atoms with Gasteiger partial charge in [-0.25, -0.2) is 0 Å². The van der Waals surface area contributed by atoms with Gasteiger partial charge in [0.1, 0.15) is 17.2 Å². The second kappa shape index (κ2) is 7.92. The molecule has 3 rings (SSSR count). The number of hydrogen-bond donors (Lipinski definition) is 0. The van der Waals surface area contributed by atoms with Crippen LogP contribution in [0.25, 0.3) is 0 Å². The minimum atomic E-state index is -0.321. The number of ether oxygens (including phenoxy) is 4. The molecular weight excluding hydrogens is 320 g/mol. The summed E-state index contributed by atoms with van der Waals surface area (Å²) in [5.41, 5.74) is 0.925. The molecule has 0 bridgehead atoms. The fourth-order valence-corrected chi connectivity index (χ4v) is 3.03. The molecule has 1 aliphatic heterocycles. The van der Waals surface area contributed by atoms with Crippen LogP contribution in [-0.2, 0) is 9.53 Å². The van der Waals surface area contributed by atoms with Gasteiger partial charge in [-0.2, -0.15) is 0 Å². The minimum Gasteiger partial charge on any atom is -0.497 e. The second-order valence-electron chi connectivity index (χ2n) is 5.95. The van der Waals surface area contributed by atoms with E-state index in [4.69, 9.17) is 18.9 Å². The van der Waals surface area contributed by atoms with Crippen LogP contribution in [0.1, 0.15) is 17.9 Å². The van der Waals surface area contributed by atoms with Gasteiger partial charge in [0.25, 0.3) is 0 Å². The summed E-state index contributed by atoms with van der Waals surface area (Å²) in [5.74, 6) is 1.85. The lowest BCUT2D eigenvalue weighted by Crippen LogP contribution is -2.34. The lowest BCUT2D eigenvalue weighted by atomic mass is 9.83. The van der Waals surface area contributed by atoms with Gasteiger partial charge in [-0.05, 0) is 48.4 Å². The van der Waals surface area contributed by atoms with E-state index in [2.05, 4.69) is 0 Å². The largest absolute Gasteiger partial charge is 0.497 e. The lowest BCUT2D eigenvalue weighted by molar-refractivity contribution is -0.152. The van der Waals surface area contributed by atoms with E-state index in [1.165, 1.54) is 0 Å². The third-order valence-electron chi connectivity index (χ3n) is 4.46. The molecule has 1 heterocycles. The monoisotopic (exact) mass is 342 g/mol. The van der Waals surface area contributed by atoms with Gasteiger partial charge in [0, 0.05) is 5.92 Å². The predicted octanol–water partition coefficient (Wildman–Crippen LogP) is 3.43. The van der Waals surface area contributed by atoms with E-state index in [0.29, 0.717) is 13.2 Å². The minimum absolute atomic E-state index is 0.0664. The highest BCUT2D eigenvalue weighted by molar-refractivity contribution is 5.79. The van der Waals surface area contributed by atoms with Crippen LogP contribution in [-0.4, -0.2) is 33.4 Å². The van der Waals surface area contributed by atoms with Crippen LogP contribution in [0.15, 0.2) is 48.5 Å². The Hall–Kier alpha value is -2.69. The van der Waals surface area contributed by atoms with Crippen molar-refractivity contribution in [3.05, 3.63) is 54.1 Å². The standard InChI is InChI=1S/C20H22O5/c1-22-16-5-3-14(4-6-16)19-15(11-12-24-20(19)21)13-25-18-9-7-17(23-2)8-10-18/h3-10,15,19H,11-13H2,1-2H3/t15-,19-/m0/s1. The normalized spacial score (nSPS) is 19.8. The molecule has 2 atom stereocenters. The van der Waals surface area contributed by atoms with Crippen LogP contribution in [0.2, 0.25) is 0 Å². The Labute approximate surface area is 147 Å². The molecular formula is C20H22O5. The maximum absolute atomic E-state index is 12.3. The molecule has 132 valence electrons. The van der Waals surface area contributed by atoms with Crippen LogP contribution >= 0.6 is 0 Å². The summed E-state index contributed by atoms with van der Waals surface area (Å²) in [6.45, 7) is 0.889. The summed E-state index contributed by atoms with van der Waals surface area (Å²) in [5, 5.41) is 0. The number of benzene rings is 2. The van der Waals surface area contributed by atoms with Gasteiger partial charge < -0.3 is 18.9 Å². The zero-order chi connectivity index (χ0) is 17.6. The van der Waals surface area contributed by atoms with Crippen LogP contribution in [0.5, 0.6) is 17.2 Å². The maximum Gasteiger partial charge on any atom is 0.313 e. The molecule has 1 fully saturated rings. The number of methoxy groups -OCH3 is 2. The number of hydrogen-bond acceptors (Lipinski definition) is 5. The van der Waals surface area contributed by atoms with E-state index in [1.807, 2.05) is 48.5 Å². The maximum atomic E-state index is 12.3. The Morgan fingerprint density at radius 3 is 2.08 bits per heavy atom. The van der Waals surface area contributed by atoms with Crippen molar-refractivity contribution in [2.75, 3.05) is 27.4 Å². The van der Waals surface area contributed by atoms with Crippen molar-refractivity contribution >= 4 is 5.97 Å². The molecule has 5 heteroatoms. The molecule has 0 saturated carbocycles. The molecule has 0 N–H and O–H groups in total. The van der Waals surface area contributed by atoms with Crippen molar-refractivity contribution in [2.24, 2.45) is 5.92 Å². The van der Waals surface area contributed by atoms with Crippen molar-refractivity contribution in [1.29, 1.82) is 0 Å². The summed E-state index contributed by atoms with van der Waals surface area (Å²) in [4.78, 5) is 12.3. The topological polar surface area (TPSA) is 54.0 Å². The average Bonchev–Trinajstić information content (AvgIpc) is 2.67. The zero-order valence-corrected chi connectivity index (χ0v) is 14.4. The summed E-state index contributed by atoms with van der Waals surface area (Å²) >= 11 is 0. The summed E-state index contributed by atoms with van der Waals surface area (Å²) in [7, 11) is 3.25. The summed E-state index contributed by atoms with van der Waals surface area (Å²) in [6, 6.07) is 15.0.